The van der Waals surface area contributed by atoms with E-state index in [0.717, 1.165) is 0 Å². The van der Waals surface area contributed by atoms with Gasteiger partial charge >= 0.3 is 6.03 Å². The number of carbonyl (C=O) groups excluding carboxylic acids is 3. The van der Waals surface area contributed by atoms with Crippen molar-refractivity contribution in [1.82, 2.24) is 4.90 Å². The molecule has 1 saturated heterocycles. The predicted octanol–water partition coefficient (Wildman–Crippen LogP) is 1.81. The molecule has 1 fully saturated rings. The number of hydrogen-bond acceptors (Lipinski definition) is 3. The van der Waals surface area contributed by atoms with Gasteiger partial charge in [0.25, 0.3) is 0 Å². The van der Waals surface area contributed by atoms with Crippen molar-refractivity contribution < 1.29 is 18.8 Å². The highest BCUT2D eigenvalue weighted by Crippen LogP contribution is 2.23. The average molecular weight is 356 g/mol. The molecule has 0 radical (unpaired) electrons. The van der Waals surface area contributed by atoms with Crippen LogP contribution in [0.25, 0.3) is 0 Å². The summed E-state index contributed by atoms with van der Waals surface area (Å²) in [6.07, 6.45) is 0. The zero-order valence-corrected chi connectivity index (χ0v) is 13.8. The summed E-state index contributed by atoms with van der Waals surface area (Å²) in [4.78, 5) is 38.3. The lowest BCUT2D eigenvalue weighted by Crippen LogP contribution is -2.37. The Balaban J connectivity index is 1.61. The molecule has 1 aliphatic heterocycles. The van der Waals surface area contributed by atoms with Crippen LogP contribution in [0.1, 0.15) is 10.4 Å². The standard InChI is InChI=1S/C18H17FN4O3/c19-14-3-1-2-4-15(14)23-10-9-22(18(23)26)11-16(24)21-13-7-5-12(6-8-13)17(20)25/h1-8H,9-11H2,(H2,20,25)(H,21,24). The summed E-state index contributed by atoms with van der Waals surface area (Å²) in [5.41, 5.74) is 6.17. The molecule has 0 aliphatic carbocycles. The number of nitrogens with two attached hydrogens (primary N) is 1. The molecule has 134 valence electrons. The van der Waals surface area contributed by atoms with E-state index in [1.807, 2.05) is 0 Å². The minimum absolute atomic E-state index is 0.151. The SMILES string of the molecule is NC(=O)c1ccc(NC(=O)CN2CCN(c3ccccc3F)C2=O)cc1. The second-order valence-corrected chi connectivity index (χ2v) is 5.80. The van der Waals surface area contributed by atoms with Crippen LogP contribution in [0, 0.1) is 5.82 Å². The first kappa shape index (κ1) is 17.4. The van der Waals surface area contributed by atoms with Crippen LogP contribution in [-0.2, 0) is 4.79 Å². The first-order valence-electron chi connectivity index (χ1n) is 7.96. The van der Waals surface area contributed by atoms with E-state index in [4.69, 9.17) is 5.73 Å². The van der Waals surface area contributed by atoms with Crippen molar-refractivity contribution in [2.24, 2.45) is 5.73 Å². The normalized spacial score (nSPS) is 13.8. The zero-order chi connectivity index (χ0) is 18.7. The monoisotopic (exact) mass is 356 g/mol. The van der Waals surface area contributed by atoms with E-state index in [2.05, 4.69) is 5.32 Å². The number of anilines is 2. The topological polar surface area (TPSA) is 95.7 Å². The molecule has 2 aromatic rings. The number of halogens is 1. The van der Waals surface area contributed by atoms with Crippen LogP contribution < -0.4 is 16.0 Å². The van der Waals surface area contributed by atoms with Crippen LogP contribution >= 0.6 is 0 Å². The third-order valence-corrected chi connectivity index (χ3v) is 4.03. The number of amides is 4. The molecular formula is C18H17FN4O3. The smallest absolute Gasteiger partial charge is 0.325 e. The van der Waals surface area contributed by atoms with Gasteiger partial charge in [-0.05, 0) is 36.4 Å². The Kier molecular flexibility index (Phi) is 4.83. The second kappa shape index (κ2) is 7.22. The lowest BCUT2D eigenvalue weighted by molar-refractivity contribution is -0.116. The van der Waals surface area contributed by atoms with E-state index in [1.165, 1.54) is 34.1 Å². The van der Waals surface area contributed by atoms with Crippen LogP contribution in [0.2, 0.25) is 0 Å². The quantitative estimate of drug-likeness (QED) is 0.855. The molecule has 3 rings (SSSR count). The van der Waals surface area contributed by atoms with Gasteiger partial charge in [-0.2, -0.15) is 0 Å². The van der Waals surface area contributed by atoms with E-state index in [1.54, 1.807) is 24.3 Å². The number of urea groups is 1. The van der Waals surface area contributed by atoms with Crippen LogP contribution in [0.4, 0.5) is 20.6 Å². The molecule has 0 spiro atoms. The van der Waals surface area contributed by atoms with Gasteiger partial charge in [-0.15, -0.1) is 0 Å². The van der Waals surface area contributed by atoms with E-state index in [0.29, 0.717) is 24.3 Å². The number of para-hydroxylation sites is 1. The van der Waals surface area contributed by atoms with E-state index < -0.39 is 17.8 Å². The highest BCUT2D eigenvalue weighted by atomic mass is 19.1. The van der Waals surface area contributed by atoms with Crippen molar-refractivity contribution in [3.8, 4) is 0 Å². The Morgan fingerprint density at radius 1 is 1.08 bits per heavy atom. The van der Waals surface area contributed by atoms with E-state index in [9.17, 15) is 18.8 Å². The van der Waals surface area contributed by atoms with Gasteiger partial charge in [-0.1, -0.05) is 12.1 Å². The van der Waals surface area contributed by atoms with Gasteiger partial charge in [0, 0.05) is 24.3 Å². The number of hydrogen-bond donors (Lipinski definition) is 2. The molecular weight excluding hydrogens is 339 g/mol. The molecule has 0 bridgehead atoms. The van der Waals surface area contributed by atoms with Gasteiger partial charge in [0.1, 0.15) is 12.4 Å². The molecule has 2 aromatic carbocycles. The average Bonchev–Trinajstić information content (AvgIpc) is 2.96. The number of primary amides is 1. The number of rotatable bonds is 5. The molecule has 7 nitrogen and oxygen atoms in total. The largest absolute Gasteiger partial charge is 0.366 e. The number of nitrogens with zero attached hydrogens (tertiary/aromatic N) is 2. The van der Waals surface area contributed by atoms with Crippen LogP contribution in [0.15, 0.2) is 48.5 Å². The zero-order valence-electron chi connectivity index (χ0n) is 13.8. The van der Waals surface area contributed by atoms with Gasteiger partial charge in [-0.25, -0.2) is 9.18 Å². The molecule has 8 heteroatoms. The third-order valence-electron chi connectivity index (χ3n) is 4.03. The van der Waals surface area contributed by atoms with Crippen LogP contribution in [0.3, 0.4) is 0 Å². The first-order valence-corrected chi connectivity index (χ1v) is 7.96. The Hall–Kier alpha value is -3.42. The highest BCUT2D eigenvalue weighted by Gasteiger charge is 2.32. The summed E-state index contributed by atoms with van der Waals surface area (Å²) in [7, 11) is 0. The summed E-state index contributed by atoms with van der Waals surface area (Å²) in [5.74, 6) is -1.43. The fourth-order valence-corrected chi connectivity index (χ4v) is 2.72. The molecule has 0 unspecified atom stereocenters. The fraction of sp³-hybridized carbons (Fsp3) is 0.167. The van der Waals surface area contributed by atoms with E-state index in [-0.39, 0.29) is 18.1 Å². The summed E-state index contributed by atoms with van der Waals surface area (Å²) >= 11 is 0. The summed E-state index contributed by atoms with van der Waals surface area (Å²) in [6, 6.07) is 11.7. The molecule has 0 saturated carbocycles. The van der Waals surface area contributed by atoms with Crippen molar-refractivity contribution in [1.29, 1.82) is 0 Å². The highest BCUT2D eigenvalue weighted by molar-refractivity contribution is 5.99. The molecule has 0 atom stereocenters. The molecule has 0 aromatic heterocycles. The second-order valence-electron chi connectivity index (χ2n) is 5.80. The van der Waals surface area contributed by atoms with E-state index >= 15 is 0 Å². The molecule has 4 amide bonds. The number of nitrogens with one attached hydrogen (secondary N) is 1. The molecule has 3 N–H and O–H groups in total. The Bertz CT molecular complexity index is 854. The van der Waals surface area contributed by atoms with Crippen molar-refractivity contribution in [3.05, 3.63) is 59.9 Å². The van der Waals surface area contributed by atoms with Gasteiger partial charge in [0.2, 0.25) is 11.8 Å². The van der Waals surface area contributed by atoms with Gasteiger partial charge in [-0.3, -0.25) is 14.5 Å². The molecule has 26 heavy (non-hydrogen) atoms. The Morgan fingerprint density at radius 3 is 2.42 bits per heavy atom. The Labute approximate surface area is 149 Å². The first-order chi connectivity index (χ1) is 12.5. The van der Waals surface area contributed by atoms with Gasteiger partial charge in [0.05, 0.1) is 5.69 Å². The van der Waals surface area contributed by atoms with Crippen molar-refractivity contribution in [2.45, 2.75) is 0 Å². The van der Waals surface area contributed by atoms with Gasteiger partial charge in [0.15, 0.2) is 0 Å². The predicted molar refractivity (Wildman–Crippen MR) is 94.3 cm³/mol. The molecule has 1 aliphatic rings. The van der Waals surface area contributed by atoms with Crippen LogP contribution in [0.5, 0.6) is 0 Å². The maximum atomic E-state index is 13.9. The lowest BCUT2D eigenvalue weighted by atomic mass is 10.2. The van der Waals surface area contributed by atoms with Crippen LogP contribution in [-0.4, -0.2) is 42.4 Å². The minimum atomic E-state index is -0.557. The summed E-state index contributed by atoms with van der Waals surface area (Å²) in [5, 5.41) is 2.64. The lowest BCUT2D eigenvalue weighted by Gasteiger charge is -2.18. The number of carbonyl (C=O) groups is 3. The van der Waals surface area contributed by atoms with Gasteiger partial charge < -0.3 is 16.0 Å². The molecule has 1 heterocycles. The summed E-state index contributed by atoms with van der Waals surface area (Å²) in [6.45, 7) is 0.475. The Morgan fingerprint density at radius 2 is 1.77 bits per heavy atom. The summed E-state index contributed by atoms with van der Waals surface area (Å²) < 4.78 is 13.9. The number of benzene rings is 2. The maximum Gasteiger partial charge on any atom is 0.325 e. The third kappa shape index (κ3) is 3.64. The van der Waals surface area contributed by atoms with Crippen molar-refractivity contribution in [2.75, 3.05) is 29.9 Å². The fourth-order valence-electron chi connectivity index (χ4n) is 2.72. The minimum Gasteiger partial charge on any atom is -0.366 e. The maximum absolute atomic E-state index is 13.9. The van der Waals surface area contributed by atoms with Crippen molar-refractivity contribution in [3.63, 3.8) is 0 Å². The van der Waals surface area contributed by atoms with Crippen molar-refractivity contribution >= 4 is 29.2 Å².